The van der Waals surface area contributed by atoms with Crippen LogP contribution in [0.1, 0.15) is 42.0 Å². The molecule has 1 N–H and O–H groups in total. The van der Waals surface area contributed by atoms with E-state index in [4.69, 9.17) is 21.1 Å². The molecule has 3 heterocycles. The molecule has 1 fully saturated rings. The fourth-order valence-electron chi connectivity index (χ4n) is 4.00. The molecule has 0 unspecified atom stereocenters. The Bertz CT molecular complexity index is 1110. The number of hydrogen-bond donors (Lipinski definition) is 1. The predicted molar refractivity (Wildman–Crippen MR) is 134 cm³/mol. The van der Waals surface area contributed by atoms with E-state index < -0.39 is 0 Å². The zero-order valence-electron chi connectivity index (χ0n) is 18.8. The average molecular weight is 502 g/mol. The van der Waals surface area contributed by atoms with Crippen molar-refractivity contribution in [1.29, 1.82) is 0 Å². The first kappa shape index (κ1) is 24.0. The van der Waals surface area contributed by atoms with E-state index in [2.05, 4.69) is 10.3 Å². The quantitative estimate of drug-likeness (QED) is 0.441. The summed E-state index contributed by atoms with van der Waals surface area (Å²) < 4.78 is 11.2. The van der Waals surface area contributed by atoms with Crippen LogP contribution in [0.4, 0.5) is 4.79 Å². The summed E-state index contributed by atoms with van der Waals surface area (Å²) in [5, 5.41) is 3.14. The maximum absolute atomic E-state index is 12.8. The number of likely N-dealkylation sites (tertiary alicyclic amines) is 1. The maximum Gasteiger partial charge on any atom is 0.415 e. The van der Waals surface area contributed by atoms with Gasteiger partial charge in [0.25, 0.3) is 5.91 Å². The van der Waals surface area contributed by atoms with Gasteiger partial charge in [0.05, 0.1) is 22.4 Å². The lowest BCUT2D eigenvalue weighted by molar-refractivity contribution is 0.0927. The summed E-state index contributed by atoms with van der Waals surface area (Å²) in [5.74, 6) is 1.23. The normalized spacial score (nSPS) is 14.9. The smallest absolute Gasteiger partial charge is 0.415 e. The van der Waals surface area contributed by atoms with E-state index in [-0.39, 0.29) is 19.5 Å². The van der Waals surface area contributed by atoms with Crippen molar-refractivity contribution < 1.29 is 20.5 Å². The molecule has 0 radical (unpaired) electrons. The standard InChI is InChI=1S/C25H26ClN3O4S.H2/c1-32-23-10-7-18(16-27-23)20(28-24(30)21-8-9-22(26)34-21)15-17-11-13-29(14-12-17)25(31)33-19-5-3-2-4-6-19;/h2-10,16-17,20H,11-15H2,1H3,(H,28,30);1H/t20-;/m0./s1. The zero-order valence-corrected chi connectivity index (χ0v) is 20.3. The van der Waals surface area contributed by atoms with Gasteiger partial charge in [0, 0.05) is 26.8 Å². The maximum atomic E-state index is 12.8. The number of methoxy groups -OCH3 is 1. The van der Waals surface area contributed by atoms with Gasteiger partial charge in [-0.2, -0.15) is 0 Å². The monoisotopic (exact) mass is 501 g/mol. The minimum atomic E-state index is -0.330. The van der Waals surface area contributed by atoms with Gasteiger partial charge in [-0.15, -0.1) is 11.3 Å². The largest absolute Gasteiger partial charge is 0.481 e. The second kappa shape index (κ2) is 11.4. The second-order valence-corrected chi connectivity index (χ2v) is 9.83. The van der Waals surface area contributed by atoms with Crippen molar-refractivity contribution in [3.8, 4) is 11.6 Å². The van der Waals surface area contributed by atoms with E-state index in [9.17, 15) is 9.59 Å². The molecule has 0 aliphatic carbocycles. The molecule has 2 amide bonds. The number of hydrogen-bond acceptors (Lipinski definition) is 6. The van der Waals surface area contributed by atoms with Gasteiger partial charge in [-0.05, 0) is 55.0 Å². The highest BCUT2D eigenvalue weighted by molar-refractivity contribution is 7.18. The number of nitrogens with one attached hydrogen (secondary N) is 1. The van der Waals surface area contributed by atoms with Gasteiger partial charge >= 0.3 is 6.09 Å². The highest BCUT2D eigenvalue weighted by atomic mass is 35.5. The predicted octanol–water partition coefficient (Wildman–Crippen LogP) is 5.82. The Morgan fingerprint density at radius 2 is 1.94 bits per heavy atom. The summed E-state index contributed by atoms with van der Waals surface area (Å²) in [6.45, 7) is 1.22. The third-order valence-electron chi connectivity index (χ3n) is 5.86. The Morgan fingerprint density at radius 3 is 2.56 bits per heavy atom. The molecule has 7 nitrogen and oxygen atoms in total. The van der Waals surface area contributed by atoms with E-state index in [1.165, 1.54) is 11.3 Å². The molecule has 1 atom stereocenters. The lowest BCUT2D eigenvalue weighted by atomic mass is 9.88. The summed E-state index contributed by atoms with van der Waals surface area (Å²) in [7, 11) is 1.57. The Labute approximate surface area is 209 Å². The van der Waals surface area contributed by atoms with Crippen molar-refractivity contribution in [2.45, 2.75) is 25.3 Å². The Balaban J connectivity index is 0.00000342. The summed E-state index contributed by atoms with van der Waals surface area (Å²) in [5.41, 5.74) is 0.905. The number of benzene rings is 1. The number of nitrogens with zero attached hydrogens (tertiary/aromatic N) is 2. The van der Waals surface area contributed by atoms with E-state index >= 15 is 0 Å². The van der Waals surface area contributed by atoms with Crippen LogP contribution in [-0.2, 0) is 0 Å². The lowest BCUT2D eigenvalue weighted by Gasteiger charge is -2.33. The molecule has 3 aromatic rings. The molecule has 1 aromatic carbocycles. The van der Waals surface area contributed by atoms with Crippen LogP contribution in [-0.4, -0.2) is 42.1 Å². The van der Waals surface area contributed by atoms with E-state index in [0.717, 1.165) is 24.8 Å². The van der Waals surface area contributed by atoms with Gasteiger partial charge in [-0.25, -0.2) is 9.78 Å². The Hall–Kier alpha value is -3.10. The number of carbonyl (C=O) groups is 2. The van der Waals surface area contributed by atoms with Crippen molar-refractivity contribution in [3.63, 3.8) is 0 Å². The fraction of sp³-hybridized carbons (Fsp3) is 0.320. The van der Waals surface area contributed by atoms with Crippen LogP contribution >= 0.6 is 22.9 Å². The van der Waals surface area contributed by atoms with Gasteiger partial charge in [0.15, 0.2) is 0 Å². The molecule has 0 spiro atoms. The summed E-state index contributed by atoms with van der Waals surface area (Å²) in [4.78, 5) is 32.0. The molecule has 1 aliphatic rings. The Kier molecular flexibility index (Phi) is 8.03. The fourth-order valence-corrected chi connectivity index (χ4v) is 4.95. The molecular weight excluding hydrogens is 474 g/mol. The molecular formula is C25H28ClN3O4S. The van der Waals surface area contributed by atoms with Crippen LogP contribution in [0.15, 0.2) is 60.8 Å². The van der Waals surface area contributed by atoms with Crippen molar-refractivity contribution in [1.82, 2.24) is 15.2 Å². The topological polar surface area (TPSA) is 80.8 Å². The van der Waals surface area contributed by atoms with Gasteiger partial charge in [-0.3, -0.25) is 4.79 Å². The average Bonchev–Trinajstić information content (AvgIpc) is 3.31. The molecule has 1 aliphatic heterocycles. The number of halogens is 1. The molecule has 0 saturated carbocycles. The molecule has 180 valence electrons. The summed E-state index contributed by atoms with van der Waals surface area (Å²) in [6.07, 6.45) is 3.79. The summed E-state index contributed by atoms with van der Waals surface area (Å²) >= 11 is 7.26. The van der Waals surface area contributed by atoms with Crippen molar-refractivity contribution in [2.75, 3.05) is 20.2 Å². The number of para-hydroxylation sites is 1. The highest BCUT2D eigenvalue weighted by Gasteiger charge is 2.28. The molecule has 4 rings (SSSR count). The Morgan fingerprint density at radius 1 is 1.18 bits per heavy atom. The first-order valence-electron chi connectivity index (χ1n) is 11.1. The number of ether oxygens (including phenoxy) is 2. The van der Waals surface area contributed by atoms with E-state index in [1.54, 1.807) is 48.5 Å². The number of amides is 2. The van der Waals surface area contributed by atoms with Gasteiger partial charge in [-0.1, -0.05) is 35.9 Å². The van der Waals surface area contributed by atoms with Crippen molar-refractivity contribution >= 4 is 34.9 Å². The third-order valence-corrected chi connectivity index (χ3v) is 7.09. The molecule has 1 saturated heterocycles. The lowest BCUT2D eigenvalue weighted by Crippen LogP contribution is -2.41. The van der Waals surface area contributed by atoms with Gasteiger partial charge < -0.3 is 19.7 Å². The second-order valence-electron chi connectivity index (χ2n) is 8.11. The van der Waals surface area contributed by atoms with Gasteiger partial charge in [0.2, 0.25) is 5.88 Å². The SMILES string of the molecule is COc1ccc([C@H](CC2CCN(C(=O)Oc3ccccc3)CC2)NC(=O)c2ccc(Cl)s2)cn1.[HH]. The number of pyridine rings is 1. The first-order valence-corrected chi connectivity index (χ1v) is 12.3. The number of rotatable bonds is 7. The number of carbonyl (C=O) groups excluding carboxylic acids is 2. The minimum Gasteiger partial charge on any atom is -0.481 e. The van der Waals surface area contributed by atoms with Crippen LogP contribution in [0.5, 0.6) is 11.6 Å². The number of thiophene rings is 1. The number of piperidine rings is 1. The third kappa shape index (κ3) is 6.27. The van der Waals surface area contributed by atoms with Crippen LogP contribution in [0.3, 0.4) is 0 Å². The van der Waals surface area contributed by atoms with E-state index in [0.29, 0.717) is 39.9 Å². The summed E-state index contributed by atoms with van der Waals surface area (Å²) in [6, 6.07) is 16.0. The van der Waals surface area contributed by atoms with Crippen LogP contribution in [0, 0.1) is 5.92 Å². The van der Waals surface area contributed by atoms with Crippen molar-refractivity contribution in [3.05, 3.63) is 75.6 Å². The first-order chi connectivity index (χ1) is 16.5. The van der Waals surface area contributed by atoms with Crippen molar-refractivity contribution in [2.24, 2.45) is 5.92 Å². The molecule has 2 aromatic heterocycles. The van der Waals surface area contributed by atoms with Crippen LogP contribution < -0.4 is 14.8 Å². The molecule has 0 bridgehead atoms. The van der Waals surface area contributed by atoms with Crippen LogP contribution in [0.2, 0.25) is 4.34 Å². The number of aromatic nitrogens is 1. The van der Waals surface area contributed by atoms with E-state index in [1.807, 2.05) is 24.3 Å². The molecule has 9 heteroatoms. The molecule has 34 heavy (non-hydrogen) atoms. The zero-order chi connectivity index (χ0) is 23.9. The minimum absolute atomic E-state index is 0. The van der Waals surface area contributed by atoms with Crippen LogP contribution in [0.25, 0.3) is 0 Å². The highest BCUT2D eigenvalue weighted by Crippen LogP contribution is 2.30. The van der Waals surface area contributed by atoms with Gasteiger partial charge in [0.1, 0.15) is 5.75 Å².